The Bertz CT molecular complexity index is 654. The molecule has 1 aromatic carbocycles. The number of nitrogens with one attached hydrogen (secondary N) is 2. The lowest BCUT2D eigenvalue weighted by molar-refractivity contribution is 0.626. The van der Waals surface area contributed by atoms with E-state index < -0.39 is 0 Å². The fourth-order valence-electron chi connectivity index (χ4n) is 2.32. The number of thioether (sulfide) groups is 1. The minimum absolute atomic E-state index is 0.190. The van der Waals surface area contributed by atoms with Crippen LogP contribution in [0.25, 0.3) is 0 Å². The molecule has 0 radical (unpaired) electrons. The smallest absolute Gasteiger partial charge is 0.190 e. The third-order valence-corrected chi connectivity index (χ3v) is 4.71. The average Bonchev–Trinajstić information content (AvgIpc) is 3.03. The van der Waals surface area contributed by atoms with E-state index in [0.717, 1.165) is 49.0 Å². The van der Waals surface area contributed by atoms with E-state index in [4.69, 9.17) is 0 Å². The predicted molar refractivity (Wildman–Crippen MR) is 103 cm³/mol. The minimum atomic E-state index is -0.190. The Morgan fingerprint density at radius 1 is 1.20 bits per heavy atom. The third kappa shape index (κ3) is 7.60. The van der Waals surface area contributed by atoms with Crippen LogP contribution < -0.4 is 10.6 Å². The maximum Gasteiger partial charge on any atom is 0.190 e. The van der Waals surface area contributed by atoms with E-state index in [1.54, 1.807) is 18.8 Å². The number of nitrogens with zero attached hydrogens (tertiary/aromatic N) is 3. The first kappa shape index (κ1) is 19.3. The number of hydrogen-bond donors (Lipinski definition) is 2. The second kappa shape index (κ2) is 10.8. The van der Waals surface area contributed by atoms with E-state index in [2.05, 4.69) is 20.7 Å². The second-order valence-corrected chi connectivity index (χ2v) is 6.88. The molecule has 7 heteroatoms. The van der Waals surface area contributed by atoms with Crippen LogP contribution in [0, 0.1) is 5.82 Å². The summed E-state index contributed by atoms with van der Waals surface area (Å²) in [7, 11) is 3.71. The van der Waals surface area contributed by atoms with Gasteiger partial charge in [-0.3, -0.25) is 9.67 Å². The fraction of sp³-hybridized carbons (Fsp3) is 0.444. The van der Waals surface area contributed by atoms with Crippen LogP contribution in [0.1, 0.15) is 18.4 Å². The maximum absolute atomic E-state index is 12.8. The van der Waals surface area contributed by atoms with Gasteiger partial charge < -0.3 is 10.6 Å². The molecule has 0 saturated heterocycles. The number of aromatic nitrogens is 2. The molecule has 1 heterocycles. The first-order chi connectivity index (χ1) is 12.2. The molecule has 2 rings (SSSR count). The average molecular weight is 364 g/mol. The second-order valence-electron chi connectivity index (χ2n) is 5.71. The van der Waals surface area contributed by atoms with Crippen molar-refractivity contribution in [3.63, 3.8) is 0 Å². The van der Waals surface area contributed by atoms with Gasteiger partial charge in [0.15, 0.2) is 5.96 Å². The lowest BCUT2D eigenvalue weighted by Gasteiger charge is -2.11. The normalized spacial score (nSPS) is 11.6. The van der Waals surface area contributed by atoms with Crippen LogP contribution in [0.4, 0.5) is 4.39 Å². The summed E-state index contributed by atoms with van der Waals surface area (Å²) in [5.41, 5.74) is 1.25. The van der Waals surface area contributed by atoms with E-state index >= 15 is 0 Å². The molecule has 0 fully saturated rings. The van der Waals surface area contributed by atoms with Crippen LogP contribution in [0.5, 0.6) is 0 Å². The molecule has 2 aromatic rings. The van der Waals surface area contributed by atoms with Crippen molar-refractivity contribution in [2.45, 2.75) is 24.2 Å². The summed E-state index contributed by atoms with van der Waals surface area (Å²) in [5, 5.41) is 10.8. The Labute approximate surface area is 153 Å². The summed E-state index contributed by atoms with van der Waals surface area (Å²) in [4.78, 5) is 5.33. The molecule has 1 aromatic heterocycles. The van der Waals surface area contributed by atoms with Crippen LogP contribution in [-0.4, -0.2) is 41.6 Å². The number of rotatable bonds is 9. The van der Waals surface area contributed by atoms with Crippen molar-refractivity contribution in [3.05, 3.63) is 48.0 Å². The van der Waals surface area contributed by atoms with Crippen LogP contribution >= 0.6 is 11.8 Å². The molecule has 136 valence electrons. The van der Waals surface area contributed by atoms with Gasteiger partial charge in [0.1, 0.15) is 5.82 Å². The molecular weight excluding hydrogens is 337 g/mol. The van der Waals surface area contributed by atoms with Gasteiger partial charge in [0.2, 0.25) is 0 Å². The molecule has 5 nitrogen and oxygen atoms in total. The van der Waals surface area contributed by atoms with Gasteiger partial charge in [-0.1, -0.05) is 0 Å². The summed E-state index contributed by atoms with van der Waals surface area (Å²) in [6.07, 6.45) is 7.01. The van der Waals surface area contributed by atoms with Gasteiger partial charge in [0.05, 0.1) is 6.20 Å². The lowest BCUT2D eigenvalue weighted by Crippen LogP contribution is -2.38. The highest BCUT2D eigenvalue weighted by atomic mass is 32.2. The number of aryl methyl sites for hydroxylation is 2. The van der Waals surface area contributed by atoms with Gasteiger partial charge in [-0.15, -0.1) is 11.8 Å². The minimum Gasteiger partial charge on any atom is -0.356 e. The van der Waals surface area contributed by atoms with E-state index in [-0.39, 0.29) is 5.82 Å². The molecule has 25 heavy (non-hydrogen) atoms. The SMILES string of the molecule is CN=C(NCCCSc1ccc(F)cc1)NCCCc1cnn(C)c1. The van der Waals surface area contributed by atoms with Crippen LogP contribution in [0.2, 0.25) is 0 Å². The molecule has 2 N–H and O–H groups in total. The number of benzene rings is 1. The van der Waals surface area contributed by atoms with E-state index in [1.165, 1.54) is 17.7 Å². The van der Waals surface area contributed by atoms with E-state index in [1.807, 2.05) is 36.3 Å². The Kier molecular flexibility index (Phi) is 8.31. The molecule has 0 aliphatic rings. The van der Waals surface area contributed by atoms with Gasteiger partial charge >= 0.3 is 0 Å². The molecule has 0 atom stereocenters. The van der Waals surface area contributed by atoms with Crippen molar-refractivity contribution < 1.29 is 4.39 Å². The highest BCUT2D eigenvalue weighted by Gasteiger charge is 2.00. The van der Waals surface area contributed by atoms with Crippen LogP contribution in [0.15, 0.2) is 46.5 Å². The molecular formula is C18H26FN5S. The van der Waals surface area contributed by atoms with Crippen LogP contribution in [0.3, 0.4) is 0 Å². The summed E-state index contributed by atoms with van der Waals surface area (Å²) in [5.74, 6) is 1.62. The molecule has 0 bridgehead atoms. The van der Waals surface area contributed by atoms with Crippen molar-refractivity contribution in [1.29, 1.82) is 0 Å². The largest absolute Gasteiger partial charge is 0.356 e. The van der Waals surface area contributed by atoms with Crippen molar-refractivity contribution in [3.8, 4) is 0 Å². The molecule has 0 unspecified atom stereocenters. The van der Waals surface area contributed by atoms with E-state index in [9.17, 15) is 4.39 Å². The lowest BCUT2D eigenvalue weighted by atomic mass is 10.2. The highest BCUT2D eigenvalue weighted by molar-refractivity contribution is 7.99. The number of guanidine groups is 1. The summed E-state index contributed by atoms with van der Waals surface area (Å²) in [6.45, 7) is 1.73. The standard InChI is InChI=1S/C18H26FN5S/c1-20-18(21-10-3-5-15-13-23-24(2)14-15)22-11-4-12-25-17-8-6-16(19)7-9-17/h6-9,13-14H,3-5,10-12H2,1-2H3,(H2,20,21,22). The number of aliphatic imine (C=N–C) groups is 1. The zero-order valence-corrected chi connectivity index (χ0v) is 15.7. The Balaban J connectivity index is 1.53. The van der Waals surface area contributed by atoms with Gasteiger partial charge in [-0.2, -0.15) is 5.10 Å². The first-order valence-corrected chi connectivity index (χ1v) is 9.46. The monoisotopic (exact) mass is 363 g/mol. The molecule has 0 amide bonds. The zero-order valence-electron chi connectivity index (χ0n) is 14.8. The molecule has 0 spiro atoms. The Morgan fingerprint density at radius 2 is 1.92 bits per heavy atom. The third-order valence-electron chi connectivity index (χ3n) is 3.61. The quantitative estimate of drug-likeness (QED) is 0.311. The summed E-state index contributed by atoms with van der Waals surface area (Å²) >= 11 is 1.73. The first-order valence-electron chi connectivity index (χ1n) is 8.48. The zero-order chi connectivity index (χ0) is 17.9. The van der Waals surface area contributed by atoms with E-state index in [0.29, 0.717) is 0 Å². The maximum atomic E-state index is 12.8. The summed E-state index contributed by atoms with van der Waals surface area (Å²) < 4.78 is 14.7. The summed E-state index contributed by atoms with van der Waals surface area (Å²) in [6, 6.07) is 6.63. The van der Waals surface area contributed by atoms with Gasteiger partial charge in [-0.05, 0) is 54.8 Å². The molecule has 0 aliphatic heterocycles. The predicted octanol–water partition coefficient (Wildman–Crippen LogP) is 2.84. The number of halogens is 1. The molecule has 0 saturated carbocycles. The highest BCUT2D eigenvalue weighted by Crippen LogP contribution is 2.18. The topological polar surface area (TPSA) is 54.2 Å². The number of hydrogen-bond acceptors (Lipinski definition) is 3. The molecule has 0 aliphatic carbocycles. The Hall–Kier alpha value is -2.02. The van der Waals surface area contributed by atoms with Crippen molar-refractivity contribution in [2.24, 2.45) is 12.0 Å². The van der Waals surface area contributed by atoms with Crippen LogP contribution in [-0.2, 0) is 13.5 Å². The Morgan fingerprint density at radius 3 is 2.56 bits per heavy atom. The van der Waals surface area contributed by atoms with Gasteiger partial charge in [0.25, 0.3) is 0 Å². The van der Waals surface area contributed by atoms with Gasteiger partial charge in [0, 0.05) is 38.3 Å². The van der Waals surface area contributed by atoms with Crippen molar-refractivity contribution in [1.82, 2.24) is 20.4 Å². The van der Waals surface area contributed by atoms with Crippen molar-refractivity contribution >= 4 is 17.7 Å². The fourth-order valence-corrected chi connectivity index (χ4v) is 3.17. The van der Waals surface area contributed by atoms with Crippen molar-refractivity contribution in [2.75, 3.05) is 25.9 Å². The van der Waals surface area contributed by atoms with Gasteiger partial charge in [-0.25, -0.2) is 4.39 Å².